The molecule has 0 aliphatic carbocycles. The number of benzene rings is 2. The molecule has 2 N–H and O–H groups in total. The van der Waals surface area contributed by atoms with Gasteiger partial charge in [-0.2, -0.15) is 0 Å². The van der Waals surface area contributed by atoms with Crippen LogP contribution in [0.25, 0.3) is 0 Å². The van der Waals surface area contributed by atoms with Crippen molar-refractivity contribution in [1.29, 1.82) is 0 Å². The first kappa shape index (κ1) is 36.8. The second kappa shape index (κ2) is 16.0. The molecule has 8 atom stereocenters. The van der Waals surface area contributed by atoms with Crippen LogP contribution in [0.4, 0.5) is 5.69 Å². The highest BCUT2D eigenvalue weighted by Gasteiger charge is 2.75. The van der Waals surface area contributed by atoms with Gasteiger partial charge in [-0.05, 0) is 55.0 Å². The van der Waals surface area contributed by atoms with Gasteiger partial charge >= 0.3 is 5.97 Å². The molecule has 0 saturated carbocycles. The van der Waals surface area contributed by atoms with E-state index in [0.29, 0.717) is 37.1 Å². The van der Waals surface area contributed by atoms with Gasteiger partial charge in [0.05, 0.1) is 43.7 Å². The van der Waals surface area contributed by atoms with Gasteiger partial charge < -0.3 is 34.4 Å². The zero-order chi connectivity index (χ0) is 36.0. The van der Waals surface area contributed by atoms with Crippen LogP contribution in [0.2, 0.25) is 0 Å². The molecule has 0 unspecified atom stereocenters. The van der Waals surface area contributed by atoms with Crippen molar-refractivity contribution >= 4 is 29.4 Å². The fraction of sp³-hybridized carbons (Fsp3) is 0.487. The van der Waals surface area contributed by atoms with Gasteiger partial charge in [-0.25, -0.2) is 0 Å². The number of amides is 3. The third kappa shape index (κ3) is 6.93. The standard InChI is InChI=1S/C39H49N3O8/c1-6-9-15-32(44)49-24-29(26-13-11-10-12-14-26)40-36(45)33-31-20-21-39(50-31)34(33)37(46)42(30(23-43)25(4)8-3)35(39)38(47)41(22-7-2)27-16-18-28(48-5)19-17-27/h6-7,10-14,16-19,25,29-31,33-35,43H,1-2,8-9,15,20-24H2,3-5H3,(H,40,45)/t25-,29+,30-,31+,33-,34-,35+,39-/m0/s1. The predicted octanol–water partition coefficient (Wildman–Crippen LogP) is 4.36. The minimum atomic E-state index is -1.28. The summed E-state index contributed by atoms with van der Waals surface area (Å²) >= 11 is 0. The molecule has 0 radical (unpaired) electrons. The van der Waals surface area contributed by atoms with E-state index >= 15 is 0 Å². The van der Waals surface area contributed by atoms with Crippen molar-refractivity contribution in [3.63, 3.8) is 0 Å². The van der Waals surface area contributed by atoms with E-state index in [2.05, 4.69) is 18.5 Å². The first-order valence-corrected chi connectivity index (χ1v) is 17.4. The van der Waals surface area contributed by atoms with Gasteiger partial charge in [0.25, 0.3) is 5.91 Å². The van der Waals surface area contributed by atoms with Crippen LogP contribution in [0.1, 0.15) is 57.6 Å². The van der Waals surface area contributed by atoms with E-state index < -0.39 is 53.5 Å². The average molecular weight is 688 g/mol. The fourth-order valence-corrected chi connectivity index (χ4v) is 7.85. The van der Waals surface area contributed by atoms with Crippen LogP contribution < -0.4 is 15.0 Å². The number of esters is 1. The lowest BCUT2D eigenvalue weighted by molar-refractivity contribution is -0.147. The summed E-state index contributed by atoms with van der Waals surface area (Å²) in [5.74, 6) is -2.96. The molecule has 2 bridgehead atoms. The van der Waals surface area contributed by atoms with Crippen LogP contribution in [-0.2, 0) is 28.7 Å². The Morgan fingerprint density at radius 2 is 1.86 bits per heavy atom. The van der Waals surface area contributed by atoms with E-state index in [0.717, 1.165) is 5.56 Å². The molecule has 268 valence electrons. The Morgan fingerprint density at radius 1 is 1.14 bits per heavy atom. The molecule has 5 rings (SSSR count). The van der Waals surface area contributed by atoms with Crippen LogP contribution in [0.3, 0.4) is 0 Å². The molecule has 0 aromatic heterocycles. The number of nitrogens with one attached hydrogen (secondary N) is 1. The number of aliphatic hydroxyl groups excluding tert-OH is 1. The van der Waals surface area contributed by atoms with Gasteiger partial charge in [0.2, 0.25) is 11.8 Å². The average Bonchev–Trinajstić information content (AvgIpc) is 3.79. The number of methoxy groups -OCH3 is 1. The monoisotopic (exact) mass is 687 g/mol. The van der Waals surface area contributed by atoms with E-state index in [1.165, 1.54) is 4.90 Å². The Hall–Kier alpha value is -4.48. The van der Waals surface area contributed by atoms with Crippen molar-refractivity contribution in [2.45, 2.75) is 75.8 Å². The van der Waals surface area contributed by atoms with Crippen molar-refractivity contribution in [3.05, 3.63) is 85.5 Å². The van der Waals surface area contributed by atoms with Crippen molar-refractivity contribution in [2.75, 3.05) is 31.8 Å². The number of rotatable bonds is 17. The maximum Gasteiger partial charge on any atom is 0.306 e. The summed E-state index contributed by atoms with van der Waals surface area (Å²) in [5, 5.41) is 13.8. The zero-order valence-corrected chi connectivity index (χ0v) is 29.2. The summed E-state index contributed by atoms with van der Waals surface area (Å²) in [6.45, 7) is 11.1. The maximum absolute atomic E-state index is 14.9. The molecule has 3 amide bonds. The topological polar surface area (TPSA) is 135 Å². The molecule has 3 fully saturated rings. The number of anilines is 1. The lowest BCUT2D eigenvalue weighted by Crippen LogP contribution is -2.60. The molecule has 2 aromatic carbocycles. The first-order chi connectivity index (χ1) is 24.1. The van der Waals surface area contributed by atoms with E-state index in [1.807, 2.05) is 44.2 Å². The molecule has 3 saturated heterocycles. The van der Waals surface area contributed by atoms with Crippen LogP contribution >= 0.6 is 0 Å². The van der Waals surface area contributed by atoms with Gasteiger partial charge in [0, 0.05) is 18.7 Å². The molecule has 1 spiro atoms. The normalized spacial score (nSPS) is 25.3. The highest BCUT2D eigenvalue weighted by Crippen LogP contribution is 2.59. The SMILES string of the molecule is C=CCCC(=O)OC[C@@H](NC(=O)[C@@H]1[C@H]2C(=O)N([C@@H](CO)[C@@H](C)CC)[C@H](C(=O)N(CC=C)c3ccc(OC)cc3)[C@]23CC[C@H]1O3)c1ccccc1. The summed E-state index contributed by atoms with van der Waals surface area (Å²) in [7, 11) is 1.56. The first-order valence-electron chi connectivity index (χ1n) is 17.4. The molecule has 11 heteroatoms. The summed E-state index contributed by atoms with van der Waals surface area (Å²) in [4.78, 5) is 59.5. The Labute approximate surface area is 294 Å². The van der Waals surface area contributed by atoms with Crippen LogP contribution in [0.5, 0.6) is 5.75 Å². The van der Waals surface area contributed by atoms with Crippen molar-refractivity contribution < 1.29 is 38.5 Å². The zero-order valence-electron chi connectivity index (χ0n) is 29.2. The molecular weight excluding hydrogens is 638 g/mol. The number of hydrogen-bond donors (Lipinski definition) is 2. The second-order valence-electron chi connectivity index (χ2n) is 13.4. The molecule has 3 aliphatic rings. The number of fused-ring (bicyclic) bond motifs is 1. The van der Waals surface area contributed by atoms with Crippen molar-refractivity contribution in [2.24, 2.45) is 17.8 Å². The number of carbonyl (C=O) groups is 4. The lowest BCUT2D eigenvalue weighted by atomic mass is 9.70. The molecule has 2 aromatic rings. The Balaban J connectivity index is 1.51. The molecule has 11 nitrogen and oxygen atoms in total. The number of likely N-dealkylation sites (tertiary alicyclic amines) is 1. The van der Waals surface area contributed by atoms with Gasteiger partial charge in [-0.1, -0.05) is 62.8 Å². The third-order valence-corrected chi connectivity index (χ3v) is 10.6. The van der Waals surface area contributed by atoms with E-state index in [-0.39, 0.29) is 43.9 Å². The van der Waals surface area contributed by atoms with Gasteiger partial charge in [-0.3, -0.25) is 19.2 Å². The Bertz CT molecular complexity index is 1550. The van der Waals surface area contributed by atoms with Crippen LogP contribution in [-0.4, -0.2) is 84.4 Å². The highest BCUT2D eigenvalue weighted by molar-refractivity contribution is 6.05. The number of ether oxygens (including phenoxy) is 3. The van der Waals surface area contributed by atoms with Gasteiger partial charge in [-0.15, -0.1) is 13.2 Å². The predicted molar refractivity (Wildman–Crippen MR) is 188 cm³/mol. The molecule has 3 heterocycles. The summed E-state index contributed by atoms with van der Waals surface area (Å²) < 4.78 is 17.6. The summed E-state index contributed by atoms with van der Waals surface area (Å²) in [6, 6.07) is 13.8. The Morgan fingerprint density at radius 3 is 2.48 bits per heavy atom. The molecular formula is C39H49N3O8. The number of carbonyl (C=O) groups excluding carboxylic acids is 4. The second-order valence-corrected chi connectivity index (χ2v) is 13.4. The maximum atomic E-state index is 14.9. The largest absolute Gasteiger partial charge is 0.497 e. The third-order valence-electron chi connectivity index (χ3n) is 10.6. The minimum Gasteiger partial charge on any atom is -0.497 e. The summed E-state index contributed by atoms with van der Waals surface area (Å²) in [5.41, 5.74) is 0.0370. The number of nitrogens with zero attached hydrogens (tertiary/aromatic N) is 2. The quantitative estimate of drug-likeness (QED) is 0.185. The lowest BCUT2D eigenvalue weighted by Gasteiger charge is -2.40. The van der Waals surface area contributed by atoms with Crippen molar-refractivity contribution in [1.82, 2.24) is 10.2 Å². The number of hydrogen-bond acceptors (Lipinski definition) is 8. The van der Waals surface area contributed by atoms with Crippen LogP contribution in [0.15, 0.2) is 79.9 Å². The van der Waals surface area contributed by atoms with E-state index in [4.69, 9.17) is 14.2 Å². The number of aliphatic hydroxyl groups is 1. The highest BCUT2D eigenvalue weighted by atomic mass is 16.5. The minimum absolute atomic E-state index is 0.0973. The molecule has 3 aliphatic heterocycles. The fourth-order valence-electron chi connectivity index (χ4n) is 7.85. The van der Waals surface area contributed by atoms with Crippen LogP contribution in [0, 0.1) is 17.8 Å². The van der Waals surface area contributed by atoms with E-state index in [1.54, 1.807) is 48.4 Å². The number of allylic oxidation sites excluding steroid dienone is 1. The van der Waals surface area contributed by atoms with Gasteiger partial charge in [0.15, 0.2) is 0 Å². The molecule has 50 heavy (non-hydrogen) atoms. The van der Waals surface area contributed by atoms with Crippen molar-refractivity contribution in [3.8, 4) is 5.75 Å². The smallest absolute Gasteiger partial charge is 0.306 e. The van der Waals surface area contributed by atoms with Gasteiger partial charge in [0.1, 0.15) is 24.0 Å². The Kier molecular flexibility index (Phi) is 11.8. The summed E-state index contributed by atoms with van der Waals surface area (Å²) in [6.07, 6.45) is 4.83. The van der Waals surface area contributed by atoms with E-state index in [9.17, 15) is 24.3 Å².